The molecular formula is C25H36ClN5. The zero-order valence-corrected chi connectivity index (χ0v) is 19.2. The van der Waals surface area contributed by atoms with Crippen LogP contribution in [0.5, 0.6) is 0 Å². The molecule has 0 saturated carbocycles. The van der Waals surface area contributed by atoms with Gasteiger partial charge in [-0.2, -0.15) is 5.10 Å². The van der Waals surface area contributed by atoms with E-state index in [0.29, 0.717) is 19.8 Å². The van der Waals surface area contributed by atoms with Crippen LogP contribution in [0.1, 0.15) is 44.9 Å². The number of rotatable bonds is 7. The standard InChI is InChI=1S/C24H32ClN5.CH4/c1-5-29(6-2)17-27-22(15-26)30-16-24(4,20-11-7-18(3)8-12-20)23(28-30)19-9-13-21(25)14-10-19;/h7-14H,5-6,15-17,26H2,1-4H3;1H4. The molecule has 0 aromatic heterocycles. The fourth-order valence-corrected chi connectivity index (χ4v) is 3.91. The monoisotopic (exact) mass is 441 g/mol. The fourth-order valence-electron chi connectivity index (χ4n) is 3.78. The first-order chi connectivity index (χ1) is 14.4. The van der Waals surface area contributed by atoms with Gasteiger partial charge in [-0.15, -0.1) is 0 Å². The van der Waals surface area contributed by atoms with Crippen LogP contribution in [0.4, 0.5) is 0 Å². The van der Waals surface area contributed by atoms with Crippen molar-refractivity contribution in [1.82, 2.24) is 9.91 Å². The number of hydrogen-bond donors (Lipinski definition) is 1. The molecule has 31 heavy (non-hydrogen) atoms. The van der Waals surface area contributed by atoms with Crippen LogP contribution in [0.15, 0.2) is 58.6 Å². The Kier molecular flexibility index (Phi) is 8.80. The lowest BCUT2D eigenvalue weighted by Crippen LogP contribution is -2.40. The number of benzene rings is 2. The number of nitrogens with two attached hydrogens (primary N) is 1. The van der Waals surface area contributed by atoms with Crippen molar-refractivity contribution in [3.8, 4) is 0 Å². The Labute approximate surface area is 192 Å². The molecular weight excluding hydrogens is 406 g/mol. The maximum Gasteiger partial charge on any atom is 0.135 e. The number of amidine groups is 1. The highest BCUT2D eigenvalue weighted by Gasteiger charge is 2.41. The normalized spacial score (nSPS) is 18.9. The molecule has 1 heterocycles. The molecule has 0 bridgehead atoms. The Balaban J connectivity index is 0.00000341. The highest BCUT2D eigenvalue weighted by molar-refractivity contribution is 6.30. The summed E-state index contributed by atoms with van der Waals surface area (Å²) in [5.41, 5.74) is 10.3. The first-order valence-corrected chi connectivity index (χ1v) is 10.9. The third-order valence-electron chi connectivity index (χ3n) is 5.84. The smallest absolute Gasteiger partial charge is 0.135 e. The summed E-state index contributed by atoms with van der Waals surface area (Å²) in [5, 5.41) is 7.72. The molecule has 168 valence electrons. The molecule has 5 nitrogen and oxygen atoms in total. The minimum Gasteiger partial charge on any atom is -0.324 e. The molecule has 0 aliphatic carbocycles. The predicted molar refractivity (Wildman–Crippen MR) is 134 cm³/mol. The Bertz CT molecular complexity index is 901. The van der Waals surface area contributed by atoms with E-state index >= 15 is 0 Å². The van der Waals surface area contributed by atoms with E-state index in [-0.39, 0.29) is 12.8 Å². The van der Waals surface area contributed by atoms with Gasteiger partial charge in [0.05, 0.1) is 30.9 Å². The van der Waals surface area contributed by atoms with E-state index < -0.39 is 0 Å². The number of aryl methyl sites for hydroxylation is 1. The number of aliphatic imine (C=N–C) groups is 1. The zero-order valence-electron chi connectivity index (χ0n) is 18.4. The summed E-state index contributed by atoms with van der Waals surface area (Å²) in [6, 6.07) is 16.6. The second-order valence-electron chi connectivity index (χ2n) is 7.93. The molecule has 2 N–H and O–H groups in total. The van der Waals surface area contributed by atoms with Crippen molar-refractivity contribution in [3.63, 3.8) is 0 Å². The second-order valence-corrected chi connectivity index (χ2v) is 8.37. The molecule has 2 aromatic rings. The van der Waals surface area contributed by atoms with Crippen molar-refractivity contribution in [2.24, 2.45) is 15.8 Å². The molecule has 6 heteroatoms. The Morgan fingerprint density at radius 1 is 1.13 bits per heavy atom. The van der Waals surface area contributed by atoms with Crippen LogP contribution in [0.25, 0.3) is 0 Å². The van der Waals surface area contributed by atoms with Crippen molar-refractivity contribution in [1.29, 1.82) is 0 Å². The van der Waals surface area contributed by atoms with Gasteiger partial charge in [-0.3, -0.25) is 9.89 Å². The van der Waals surface area contributed by atoms with Gasteiger partial charge in [0, 0.05) is 5.02 Å². The van der Waals surface area contributed by atoms with Crippen molar-refractivity contribution in [2.75, 3.05) is 32.8 Å². The quantitative estimate of drug-likeness (QED) is 0.490. The second kappa shape index (κ2) is 10.9. The van der Waals surface area contributed by atoms with Crippen LogP contribution in [0.3, 0.4) is 0 Å². The molecule has 0 spiro atoms. The van der Waals surface area contributed by atoms with Crippen molar-refractivity contribution in [3.05, 3.63) is 70.2 Å². The molecule has 3 rings (SSSR count). The Morgan fingerprint density at radius 3 is 2.29 bits per heavy atom. The molecule has 0 amide bonds. The number of hydrazone groups is 1. The molecule has 0 saturated heterocycles. The average Bonchev–Trinajstić information content (AvgIpc) is 3.10. The van der Waals surface area contributed by atoms with Crippen molar-refractivity contribution in [2.45, 2.75) is 40.5 Å². The molecule has 0 radical (unpaired) electrons. The van der Waals surface area contributed by atoms with Crippen LogP contribution in [-0.4, -0.2) is 54.3 Å². The van der Waals surface area contributed by atoms with Crippen LogP contribution in [0, 0.1) is 6.92 Å². The molecule has 1 aliphatic heterocycles. The van der Waals surface area contributed by atoms with Crippen LogP contribution in [-0.2, 0) is 5.41 Å². The minimum atomic E-state index is -0.285. The van der Waals surface area contributed by atoms with Crippen molar-refractivity contribution >= 4 is 23.1 Å². The average molecular weight is 442 g/mol. The zero-order chi connectivity index (χ0) is 21.7. The van der Waals surface area contributed by atoms with Crippen molar-refractivity contribution < 1.29 is 0 Å². The van der Waals surface area contributed by atoms with Gasteiger partial charge in [0.1, 0.15) is 5.84 Å². The van der Waals surface area contributed by atoms with Gasteiger partial charge in [0.2, 0.25) is 0 Å². The lowest BCUT2D eigenvalue weighted by Gasteiger charge is -2.28. The highest BCUT2D eigenvalue weighted by atomic mass is 35.5. The van der Waals surface area contributed by atoms with Gasteiger partial charge >= 0.3 is 0 Å². The van der Waals surface area contributed by atoms with Gasteiger partial charge in [0.25, 0.3) is 0 Å². The van der Waals surface area contributed by atoms with E-state index in [9.17, 15) is 0 Å². The summed E-state index contributed by atoms with van der Waals surface area (Å²) in [6.45, 7) is 12.2. The Hall–Kier alpha value is -2.21. The van der Waals surface area contributed by atoms with Gasteiger partial charge < -0.3 is 5.73 Å². The molecule has 1 atom stereocenters. The summed E-state index contributed by atoms with van der Waals surface area (Å²) >= 11 is 6.13. The van der Waals surface area contributed by atoms with E-state index in [4.69, 9.17) is 27.4 Å². The van der Waals surface area contributed by atoms with Gasteiger partial charge in [0.15, 0.2) is 0 Å². The third-order valence-corrected chi connectivity index (χ3v) is 6.10. The lowest BCUT2D eigenvalue weighted by atomic mass is 9.76. The van der Waals surface area contributed by atoms with Crippen LogP contribution in [0.2, 0.25) is 5.02 Å². The number of nitrogens with zero attached hydrogens (tertiary/aromatic N) is 4. The predicted octanol–water partition coefficient (Wildman–Crippen LogP) is 4.92. The maximum absolute atomic E-state index is 6.13. The van der Waals surface area contributed by atoms with E-state index in [0.717, 1.165) is 35.2 Å². The third kappa shape index (κ3) is 5.53. The fraction of sp³-hybridized carbons (Fsp3) is 0.440. The SMILES string of the molecule is C.CCN(CC)CN=C(CN)N1CC(C)(c2ccc(C)cc2)C(c2ccc(Cl)cc2)=N1. The summed E-state index contributed by atoms with van der Waals surface area (Å²) < 4.78 is 0. The Morgan fingerprint density at radius 2 is 1.74 bits per heavy atom. The van der Waals surface area contributed by atoms with E-state index in [2.05, 4.69) is 56.9 Å². The summed E-state index contributed by atoms with van der Waals surface area (Å²) in [7, 11) is 0. The first kappa shape index (κ1) is 25.1. The van der Waals surface area contributed by atoms with Gasteiger partial charge in [-0.05, 0) is 50.2 Å². The van der Waals surface area contributed by atoms with E-state index in [1.807, 2.05) is 29.3 Å². The summed E-state index contributed by atoms with van der Waals surface area (Å²) in [4.78, 5) is 7.06. The molecule has 0 fully saturated rings. The number of hydrogen-bond acceptors (Lipinski definition) is 4. The first-order valence-electron chi connectivity index (χ1n) is 10.6. The lowest BCUT2D eigenvalue weighted by molar-refractivity contribution is 0.311. The molecule has 2 aromatic carbocycles. The summed E-state index contributed by atoms with van der Waals surface area (Å²) in [5.74, 6) is 0.809. The van der Waals surface area contributed by atoms with E-state index in [1.54, 1.807) is 0 Å². The largest absolute Gasteiger partial charge is 0.324 e. The van der Waals surface area contributed by atoms with Gasteiger partial charge in [-0.25, -0.2) is 5.01 Å². The highest BCUT2D eigenvalue weighted by Crippen LogP contribution is 2.35. The van der Waals surface area contributed by atoms with Gasteiger partial charge in [-0.1, -0.05) is 74.8 Å². The maximum atomic E-state index is 6.13. The van der Waals surface area contributed by atoms with E-state index in [1.165, 1.54) is 11.1 Å². The van der Waals surface area contributed by atoms with Crippen LogP contribution >= 0.6 is 11.6 Å². The number of halogens is 1. The topological polar surface area (TPSA) is 57.2 Å². The molecule has 1 unspecified atom stereocenters. The minimum absolute atomic E-state index is 0. The molecule has 1 aliphatic rings. The van der Waals surface area contributed by atoms with Crippen LogP contribution < -0.4 is 5.73 Å². The summed E-state index contributed by atoms with van der Waals surface area (Å²) in [6.07, 6.45) is 0.